The third-order valence-electron chi connectivity index (χ3n) is 4.98. The fraction of sp³-hybridized carbons (Fsp3) is 0.217. The second kappa shape index (κ2) is 7.23. The van der Waals surface area contributed by atoms with Gasteiger partial charge in [0.2, 0.25) is 0 Å². The van der Waals surface area contributed by atoms with Crippen molar-refractivity contribution in [3.05, 3.63) is 81.4 Å². The van der Waals surface area contributed by atoms with Crippen molar-refractivity contribution < 1.29 is 20.4 Å². The summed E-state index contributed by atoms with van der Waals surface area (Å²) in [5, 5.41) is 40.4. The highest BCUT2D eigenvalue weighted by Gasteiger charge is 2.15. The predicted molar refractivity (Wildman–Crippen MR) is 106 cm³/mol. The Bertz CT molecular complexity index is 928. The molecule has 3 aromatic carbocycles. The van der Waals surface area contributed by atoms with E-state index in [9.17, 15) is 20.4 Å². The van der Waals surface area contributed by atoms with Crippen LogP contribution in [0.1, 0.15) is 38.9 Å². The maximum Gasteiger partial charge on any atom is 0.125 e. The molecule has 140 valence electrons. The lowest BCUT2D eigenvalue weighted by Gasteiger charge is -2.15. The Morgan fingerprint density at radius 3 is 1.37 bits per heavy atom. The molecular weight excluding hydrogens is 340 g/mol. The van der Waals surface area contributed by atoms with E-state index in [2.05, 4.69) is 0 Å². The average molecular weight is 364 g/mol. The van der Waals surface area contributed by atoms with Crippen LogP contribution in [0.5, 0.6) is 23.0 Å². The Labute approximate surface area is 159 Å². The van der Waals surface area contributed by atoms with E-state index in [1.165, 1.54) is 0 Å². The quantitative estimate of drug-likeness (QED) is 0.545. The van der Waals surface area contributed by atoms with Gasteiger partial charge in [0.15, 0.2) is 0 Å². The molecule has 3 aromatic rings. The van der Waals surface area contributed by atoms with Gasteiger partial charge in [0, 0.05) is 18.4 Å². The molecule has 0 aliphatic carbocycles. The maximum absolute atomic E-state index is 10.5. The van der Waals surface area contributed by atoms with E-state index in [1.54, 1.807) is 19.1 Å². The van der Waals surface area contributed by atoms with Crippen LogP contribution in [-0.4, -0.2) is 20.4 Å². The Morgan fingerprint density at radius 1 is 0.593 bits per heavy atom. The Kier molecular flexibility index (Phi) is 5.00. The van der Waals surface area contributed by atoms with Gasteiger partial charge in [0.1, 0.15) is 23.0 Å². The van der Waals surface area contributed by atoms with Gasteiger partial charge in [0.05, 0.1) is 0 Å². The lowest BCUT2D eigenvalue weighted by atomic mass is 9.93. The number of rotatable bonds is 4. The van der Waals surface area contributed by atoms with Crippen molar-refractivity contribution in [2.75, 3.05) is 0 Å². The number of benzene rings is 3. The number of hydrogen-bond acceptors (Lipinski definition) is 4. The van der Waals surface area contributed by atoms with E-state index in [-0.39, 0.29) is 23.0 Å². The molecule has 0 unspecified atom stereocenters. The molecule has 0 aliphatic rings. The normalized spacial score (nSPS) is 10.9. The van der Waals surface area contributed by atoms with Crippen LogP contribution in [0.4, 0.5) is 0 Å². The molecule has 0 saturated heterocycles. The molecule has 3 rings (SSSR count). The van der Waals surface area contributed by atoms with Crippen molar-refractivity contribution in [3.63, 3.8) is 0 Å². The second-order valence-corrected chi connectivity index (χ2v) is 7.11. The van der Waals surface area contributed by atoms with E-state index < -0.39 is 0 Å². The van der Waals surface area contributed by atoms with Crippen molar-refractivity contribution in [2.24, 2.45) is 0 Å². The molecule has 0 heterocycles. The van der Waals surface area contributed by atoms with Crippen LogP contribution in [-0.2, 0) is 12.8 Å². The van der Waals surface area contributed by atoms with Gasteiger partial charge in [-0.3, -0.25) is 0 Å². The lowest BCUT2D eigenvalue weighted by Crippen LogP contribution is -1.98. The average Bonchev–Trinajstić information content (AvgIpc) is 2.63. The van der Waals surface area contributed by atoms with Crippen LogP contribution in [0.15, 0.2) is 42.5 Å². The van der Waals surface area contributed by atoms with Gasteiger partial charge < -0.3 is 20.4 Å². The molecule has 0 fully saturated rings. The minimum atomic E-state index is 0.0869. The van der Waals surface area contributed by atoms with Gasteiger partial charge in [0.25, 0.3) is 0 Å². The van der Waals surface area contributed by atoms with Crippen molar-refractivity contribution in [3.8, 4) is 23.0 Å². The summed E-state index contributed by atoms with van der Waals surface area (Å²) in [6.07, 6.45) is 0.991. The molecule has 0 amide bonds. The number of hydrogen-bond donors (Lipinski definition) is 4. The fourth-order valence-electron chi connectivity index (χ4n) is 3.31. The van der Waals surface area contributed by atoms with Gasteiger partial charge in [-0.1, -0.05) is 24.3 Å². The molecule has 4 nitrogen and oxygen atoms in total. The highest BCUT2D eigenvalue weighted by molar-refractivity contribution is 5.55. The molecule has 0 bridgehead atoms. The monoisotopic (exact) mass is 364 g/mol. The van der Waals surface area contributed by atoms with Crippen LogP contribution in [0.2, 0.25) is 0 Å². The first-order chi connectivity index (χ1) is 12.8. The first-order valence-corrected chi connectivity index (χ1v) is 8.86. The van der Waals surface area contributed by atoms with Gasteiger partial charge in [-0.25, -0.2) is 0 Å². The van der Waals surface area contributed by atoms with E-state index >= 15 is 0 Å². The third kappa shape index (κ3) is 3.85. The summed E-state index contributed by atoms with van der Waals surface area (Å²) in [6.45, 7) is 5.36. The van der Waals surface area contributed by atoms with Gasteiger partial charge in [-0.05, 0) is 72.4 Å². The highest BCUT2D eigenvalue weighted by Crippen LogP contribution is 2.36. The van der Waals surface area contributed by atoms with Crippen LogP contribution in [0.25, 0.3) is 0 Å². The van der Waals surface area contributed by atoms with E-state index in [0.717, 1.165) is 33.4 Å². The molecule has 0 spiro atoms. The topological polar surface area (TPSA) is 80.9 Å². The number of aryl methyl sites for hydroxylation is 2. The van der Waals surface area contributed by atoms with E-state index in [1.807, 2.05) is 44.2 Å². The molecule has 0 saturated carbocycles. The van der Waals surface area contributed by atoms with Crippen LogP contribution < -0.4 is 0 Å². The largest absolute Gasteiger partial charge is 0.508 e. The van der Waals surface area contributed by atoms with Crippen molar-refractivity contribution >= 4 is 0 Å². The smallest absolute Gasteiger partial charge is 0.125 e. The summed E-state index contributed by atoms with van der Waals surface area (Å²) in [6, 6.07) is 12.5. The fourth-order valence-corrected chi connectivity index (χ4v) is 3.31. The SMILES string of the molecule is Cc1cc(Cc2cc(Cc3ccc(O)c(C)c3)c(O)c(C)c2O)ccc1O. The predicted octanol–water partition coefficient (Wildman–Crippen LogP) is 4.62. The zero-order valence-corrected chi connectivity index (χ0v) is 15.7. The molecule has 27 heavy (non-hydrogen) atoms. The lowest BCUT2D eigenvalue weighted by molar-refractivity contribution is 0.436. The second-order valence-electron chi connectivity index (χ2n) is 7.11. The first-order valence-electron chi connectivity index (χ1n) is 8.86. The van der Waals surface area contributed by atoms with Crippen molar-refractivity contribution in [2.45, 2.75) is 33.6 Å². The summed E-state index contributed by atoms with van der Waals surface area (Å²) in [5.41, 5.74) is 5.40. The van der Waals surface area contributed by atoms with Crippen LogP contribution in [0, 0.1) is 20.8 Å². The van der Waals surface area contributed by atoms with E-state index in [0.29, 0.717) is 18.4 Å². The highest BCUT2D eigenvalue weighted by atomic mass is 16.3. The summed E-state index contributed by atoms with van der Waals surface area (Å²) >= 11 is 0. The van der Waals surface area contributed by atoms with E-state index in [4.69, 9.17) is 0 Å². The zero-order valence-electron chi connectivity index (χ0n) is 15.7. The number of phenols is 4. The Balaban J connectivity index is 1.97. The Hall–Kier alpha value is -3.14. The van der Waals surface area contributed by atoms with Crippen molar-refractivity contribution in [1.82, 2.24) is 0 Å². The minimum absolute atomic E-state index is 0.0869. The summed E-state index contributed by atoms with van der Waals surface area (Å²) in [7, 11) is 0. The number of aromatic hydroxyl groups is 4. The van der Waals surface area contributed by atoms with Gasteiger partial charge >= 0.3 is 0 Å². The first kappa shape index (κ1) is 18.6. The summed E-state index contributed by atoms with van der Waals surface area (Å²) in [4.78, 5) is 0. The molecule has 0 radical (unpaired) electrons. The van der Waals surface area contributed by atoms with Gasteiger partial charge in [-0.2, -0.15) is 0 Å². The van der Waals surface area contributed by atoms with Crippen LogP contribution >= 0.6 is 0 Å². The molecular formula is C23H24O4. The zero-order chi connectivity index (χ0) is 19.7. The number of phenolic OH excluding ortho intramolecular Hbond substituents is 4. The summed E-state index contributed by atoms with van der Waals surface area (Å²) < 4.78 is 0. The van der Waals surface area contributed by atoms with Crippen molar-refractivity contribution in [1.29, 1.82) is 0 Å². The maximum atomic E-state index is 10.5. The minimum Gasteiger partial charge on any atom is -0.508 e. The molecule has 4 N–H and O–H groups in total. The molecule has 0 atom stereocenters. The molecule has 0 aliphatic heterocycles. The Morgan fingerprint density at radius 2 is 1.00 bits per heavy atom. The van der Waals surface area contributed by atoms with Gasteiger partial charge in [-0.15, -0.1) is 0 Å². The molecule has 4 heteroatoms. The van der Waals surface area contributed by atoms with Crippen LogP contribution in [0.3, 0.4) is 0 Å². The summed E-state index contributed by atoms with van der Waals surface area (Å²) in [5.74, 6) is 0.661. The standard InChI is InChI=1S/C23H24O4/c1-13-8-16(4-6-20(13)24)10-18-12-19(23(27)15(3)22(18)26)11-17-5-7-21(25)14(2)9-17/h4-9,12,24-27H,10-11H2,1-3H3. The molecule has 0 aromatic heterocycles. The third-order valence-corrected chi connectivity index (χ3v) is 4.98.